The fourth-order valence-corrected chi connectivity index (χ4v) is 9.67. The van der Waals surface area contributed by atoms with Gasteiger partial charge >= 0.3 is 0 Å². The Morgan fingerprint density at radius 1 is 0.967 bits per heavy atom. The van der Waals surface area contributed by atoms with Crippen molar-refractivity contribution in [3.05, 3.63) is 12.2 Å². The maximum Gasteiger partial charge on any atom is 0.0543 e. The van der Waals surface area contributed by atoms with Crippen LogP contribution in [0.5, 0.6) is 0 Å². The Labute approximate surface area is 187 Å². The lowest BCUT2D eigenvalue weighted by Crippen LogP contribution is -2.54. The molecule has 1 heteroatoms. The quantitative estimate of drug-likeness (QED) is 0.436. The Kier molecular flexibility index (Phi) is 6.53. The predicted octanol–water partition coefficient (Wildman–Crippen LogP) is 8.02. The van der Waals surface area contributed by atoms with Crippen molar-refractivity contribution < 1.29 is 5.11 Å². The van der Waals surface area contributed by atoms with Gasteiger partial charge in [0.2, 0.25) is 0 Å². The summed E-state index contributed by atoms with van der Waals surface area (Å²) in [7, 11) is 0. The van der Waals surface area contributed by atoms with E-state index in [1.807, 2.05) is 0 Å². The summed E-state index contributed by atoms with van der Waals surface area (Å²) in [5, 5.41) is 10.3. The Morgan fingerprint density at radius 2 is 1.67 bits per heavy atom. The highest BCUT2D eigenvalue weighted by molar-refractivity contribution is 5.09. The van der Waals surface area contributed by atoms with Crippen LogP contribution in [0.1, 0.15) is 112 Å². The maximum absolute atomic E-state index is 10.3. The van der Waals surface area contributed by atoms with E-state index in [4.69, 9.17) is 0 Å². The Morgan fingerprint density at radius 3 is 2.37 bits per heavy atom. The molecule has 0 aromatic heterocycles. The number of fused-ring (bicyclic) bond motifs is 5. The third-order valence-electron chi connectivity index (χ3n) is 11.6. The van der Waals surface area contributed by atoms with Gasteiger partial charge in [0.15, 0.2) is 0 Å². The minimum Gasteiger partial charge on any atom is -0.393 e. The minimum atomic E-state index is -0.0173. The molecule has 10 atom stereocenters. The number of hydrogen-bond donors (Lipinski definition) is 1. The normalized spacial score (nSPS) is 47.7. The number of aliphatic hydroxyl groups excluding tert-OH is 1. The van der Waals surface area contributed by atoms with Crippen molar-refractivity contribution in [2.75, 3.05) is 0 Å². The van der Waals surface area contributed by atoms with Crippen LogP contribution < -0.4 is 0 Å². The van der Waals surface area contributed by atoms with Crippen molar-refractivity contribution in [2.45, 2.75) is 118 Å². The Hall–Kier alpha value is -0.300. The molecular weight excluding hydrogens is 364 g/mol. The first-order valence-corrected chi connectivity index (χ1v) is 13.5. The first kappa shape index (κ1) is 22.9. The van der Waals surface area contributed by atoms with Gasteiger partial charge in [-0.15, -0.1) is 0 Å². The second-order valence-electron chi connectivity index (χ2n) is 12.8. The summed E-state index contributed by atoms with van der Waals surface area (Å²) in [5.41, 5.74) is 2.50. The van der Waals surface area contributed by atoms with Crippen LogP contribution in [0.4, 0.5) is 0 Å². The molecule has 172 valence electrons. The lowest BCUT2D eigenvalue weighted by molar-refractivity contribution is -0.129. The molecule has 0 aliphatic heterocycles. The van der Waals surface area contributed by atoms with Gasteiger partial charge in [-0.05, 0) is 136 Å². The van der Waals surface area contributed by atoms with Crippen LogP contribution in [0, 0.1) is 52.3 Å². The fraction of sp³-hybridized carbons (Fsp3) is 0.931. The summed E-state index contributed by atoms with van der Waals surface area (Å²) in [6, 6.07) is 0. The van der Waals surface area contributed by atoms with Gasteiger partial charge in [-0.1, -0.05) is 39.8 Å². The molecule has 1 N–H and O–H groups in total. The topological polar surface area (TPSA) is 20.2 Å². The van der Waals surface area contributed by atoms with E-state index in [1.54, 1.807) is 0 Å². The van der Waals surface area contributed by atoms with Gasteiger partial charge in [0.1, 0.15) is 0 Å². The molecule has 30 heavy (non-hydrogen) atoms. The van der Waals surface area contributed by atoms with E-state index in [-0.39, 0.29) is 6.10 Å². The first-order valence-electron chi connectivity index (χ1n) is 13.5. The lowest BCUT2D eigenvalue weighted by Gasteiger charge is -2.61. The molecule has 4 rings (SSSR count). The van der Waals surface area contributed by atoms with Crippen molar-refractivity contribution in [1.82, 2.24) is 0 Å². The molecule has 4 aliphatic rings. The summed E-state index contributed by atoms with van der Waals surface area (Å²) in [6.45, 7) is 16.7. The third-order valence-corrected chi connectivity index (χ3v) is 11.6. The molecule has 0 unspecified atom stereocenters. The zero-order chi connectivity index (χ0) is 21.7. The van der Waals surface area contributed by atoms with Crippen molar-refractivity contribution in [3.63, 3.8) is 0 Å². The zero-order valence-corrected chi connectivity index (χ0v) is 20.8. The van der Waals surface area contributed by atoms with Gasteiger partial charge in [0.05, 0.1) is 6.10 Å². The lowest BCUT2D eigenvalue weighted by atomic mass is 9.44. The number of hydrogen-bond acceptors (Lipinski definition) is 1. The molecule has 4 fully saturated rings. The van der Waals surface area contributed by atoms with Crippen LogP contribution in [-0.2, 0) is 0 Å². The van der Waals surface area contributed by atoms with Crippen LogP contribution in [-0.4, -0.2) is 11.2 Å². The molecule has 0 radical (unpaired) electrons. The second-order valence-corrected chi connectivity index (χ2v) is 12.8. The van der Waals surface area contributed by atoms with Gasteiger partial charge in [0, 0.05) is 0 Å². The molecule has 0 spiro atoms. The highest BCUT2D eigenvalue weighted by Crippen LogP contribution is 2.68. The maximum atomic E-state index is 10.3. The average molecular weight is 415 g/mol. The average Bonchev–Trinajstić information content (AvgIpc) is 3.06. The number of allylic oxidation sites excluding steroid dienone is 1. The van der Waals surface area contributed by atoms with E-state index in [9.17, 15) is 5.11 Å². The first-order chi connectivity index (χ1) is 14.2. The van der Waals surface area contributed by atoms with Gasteiger partial charge in [-0.3, -0.25) is 0 Å². The monoisotopic (exact) mass is 414 g/mol. The van der Waals surface area contributed by atoms with Crippen LogP contribution in [0.15, 0.2) is 12.2 Å². The molecule has 4 aliphatic carbocycles. The SMILES string of the molecule is C=C(C)[C@H](CC)CC[C@@H](C)[C@H]1CC[C@H]2[C@@H]3CC[C@H]4C[C@@H](O)CC[C@]4(C)[C@H]3CC[C@]12C. The summed E-state index contributed by atoms with van der Waals surface area (Å²) >= 11 is 0. The van der Waals surface area contributed by atoms with E-state index in [0.29, 0.717) is 10.8 Å². The van der Waals surface area contributed by atoms with Crippen molar-refractivity contribution in [1.29, 1.82) is 0 Å². The van der Waals surface area contributed by atoms with Crippen molar-refractivity contribution in [3.8, 4) is 0 Å². The Balaban J connectivity index is 1.45. The molecular formula is C29H50O. The molecule has 0 saturated heterocycles. The summed E-state index contributed by atoms with van der Waals surface area (Å²) in [5.74, 6) is 6.18. The third kappa shape index (κ3) is 3.74. The fourth-order valence-electron chi connectivity index (χ4n) is 9.67. The number of rotatable bonds is 6. The van der Waals surface area contributed by atoms with Gasteiger partial charge in [0.25, 0.3) is 0 Å². The summed E-state index contributed by atoms with van der Waals surface area (Å²) < 4.78 is 0. The Bertz CT molecular complexity index is 624. The molecule has 0 amide bonds. The molecule has 0 heterocycles. The molecule has 0 bridgehead atoms. The standard InChI is InChI=1S/C29H50O/c1-7-21(19(2)3)9-8-20(4)25-12-13-26-24-11-10-22-18-23(30)14-16-28(22,5)27(24)15-17-29(25,26)6/h20-27,30H,2,7-18H2,1,3-6H3/t20-,21-,22+,23+,24+,25-,26+,27+,28+,29-/m1/s1. The zero-order valence-electron chi connectivity index (χ0n) is 20.8. The largest absolute Gasteiger partial charge is 0.393 e. The molecule has 1 nitrogen and oxygen atoms in total. The highest BCUT2D eigenvalue weighted by Gasteiger charge is 2.60. The smallest absolute Gasteiger partial charge is 0.0543 e. The minimum absolute atomic E-state index is 0.0173. The molecule has 4 saturated carbocycles. The van der Waals surface area contributed by atoms with Gasteiger partial charge in [-0.25, -0.2) is 0 Å². The molecule has 0 aromatic rings. The van der Waals surface area contributed by atoms with Crippen molar-refractivity contribution in [2.24, 2.45) is 52.3 Å². The van der Waals surface area contributed by atoms with Crippen LogP contribution >= 0.6 is 0 Å². The van der Waals surface area contributed by atoms with E-state index < -0.39 is 0 Å². The number of aliphatic hydroxyl groups is 1. The van der Waals surface area contributed by atoms with E-state index >= 15 is 0 Å². The second kappa shape index (κ2) is 8.57. The highest BCUT2D eigenvalue weighted by atomic mass is 16.3. The van der Waals surface area contributed by atoms with E-state index in [2.05, 4.69) is 41.2 Å². The van der Waals surface area contributed by atoms with Gasteiger partial charge < -0.3 is 5.11 Å². The summed E-state index contributed by atoms with van der Waals surface area (Å²) in [6.07, 6.45) is 16.1. The van der Waals surface area contributed by atoms with Gasteiger partial charge in [-0.2, -0.15) is 0 Å². The van der Waals surface area contributed by atoms with E-state index in [0.717, 1.165) is 54.3 Å². The molecule has 0 aromatic carbocycles. The predicted molar refractivity (Wildman–Crippen MR) is 128 cm³/mol. The van der Waals surface area contributed by atoms with Crippen molar-refractivity contribution >= 4 is 0 Å². The van der Waals surface area contributed by atoms with E-state index in [1.165, 1.54) is 69.8 Å². The van der Waals surface area contributed by atoms with Crippen LogP contribution in [0.2, 0.25) is 0 Å². The summed E-state index contributed by atoms with van der Waals surface area (Å²) in [4.78, 5) is 0. The van der Waals surface area contributed by atoms with Crippen LogP contribution in [0.3, 0.4) is 0 Å². The van der Waals surface area contributed by atoms with Crippen LogP contribution in [0.25, 0.3) is 0 Å².